The molecule has 0 amide bonds. The Morgan fingerprint density at radius 2 is 1.33 bits per heavy atom. The normalized spacial score (nSPS) is 31.5. The molecule has 2 atom stereocenters. The second-order valence-corrected chi connectivity index (χ2v) is 7.29. The molecule has 0 spiro atoms. The van der Waals surface area contributed by atoms with Crippen LogP contribution in [0.5, 0.6) is 0 Å². The Balaban J connectivity index is 1.87. The van der Waals surface area contributed by atoms with E-state index in [1.54, 1.807) is 0 Å². The highest BCUT2D eigenvalue weighted by Gasteiger charge is 2.37. The van der Waals surface area contributed by atoms with Crippen molar-refractivity contribution in [3.05, 3.63) is 0 Å². The maximum absolute atomic E-state index is 11.3. The number of carboxylic acid groups (broad SMARTS) is 1. The highest BCUT2D eigenvalue weighted by molar-refractivity contribution is 5.71. The van der Waals surface area contributed by atoms with Gasteiger partial charge in [-0.25, -0.2) is 0 Å². The van der Waals surface area contributed by atoms with Gasteiger partial charge in [0, 0.05) is 19.1 Å². The molecule has 3 heteroatoms. The molecule has 122 valence electrons. The van der Waals surface area contributed by atoms with Crippen LogP contribution in [0.3, 0.4) is 0 Å². The molecular weight excluding hydrogens is 262 g/mol. The van der Waals surface area contributed by atoms with Crippen LogP contribution in [0.15, 0.2) is 0 Å². The third kappa shape index (κ3) is 5.28. The van der Waals surface area contributed by atoms with Gasteiger partial charge in [-0.3, -0.25) is 9.69 Å². The molecular formula is C18H33NO2. The zero-order valence-corrected chi connectivity index (χ0v) is 13.7. The molecule has 1 heterocycles. The van der Waals surface area contributed by atoms with Crippen molar-refractivity contribution >= 4 is 5.97 Å². The van der Waals surface area contributed by atoms with E-state index < -0.39 is 5.97 Å². The number of likely N-dealkylation sites (tertiary alicyclic amines) is 1. The van der Waals surface area contributed by atoms with E-state index in [0.29, 0.717) is 12.0 Å². The molecule has 0 unspecified atom stereocenters. The van der Waals surface area contributed by atoms with Crippen LogP contribution < -0.4 is 0 Å². The first-order valence-electron chi connectivity index (χ1n) is 9.15. The van der Waals surface area contributed by atoms with E-state index in [9.17, 15) is 9.90 Å². The van der Waals surface area contributed by atoms with Crippen molar-refractivity contribution in [3.8, 4) is 0 Å². The summed E-state index contributed by atoms with van der Waals surface area (Å²) in [5.41, 5.74) is 0. The lowest BCUT2D eigenvalue weighted by molar-refractivity contribution is -0.142. The predicted octanol–water partition coefficient (Wildman–Crippen LogP) is 4.31. The molecule has 0 bridgehead atoms. The second-order valence-electron chi connectivity index (χ2n) is 7.29. The second kappa shape index (κ2) is 8.77. The van der Waals surface area contributed by atoms with Crippen molar-refractivity contribution in [2.75, 3.05) is 13.1 Å². The number of hydrogen-bond acceptors (Lipinski definition) is 2. The molecule has 1 aliphatic heterocycles. The van der Waals surface area contributed by atoms with E-state index in [2.05, 4.69) is 11.8 Å². The maximum Gasteiger partial charge on any atom is 0.308 e. The van der Waals surface area contributed by atoms with Gasteiger partial charge in [-0.1, -0.05) is 64.7 Å². The van der Waals surface area contributed by atoms with Gasteiger partial charge in [0.2, 0.25) is 0 Å². The first-order valence-corrected chi connectivity index (χ1v) is 9.15. The molecule has 0 aromatic carbocycles. The number of aliphatic carboxylic acids is 1. The molecule has 0 aromatic heterocycles. The summed E-state index contributed by atoms with van der Waals surface area (Å²) in [6, 6.07) is 0.635. The van der Waals surface area contributed by atoms with Gasteiger partial charge in [0.15, 0.2) is 0 Å². The van der Waals surface area contributed by atoms with Crippen molar-refractivity contribution in [2.45, 2.75) is 83.6 Å². The summed E-state index contributed by atoms with van der Waals surface area (Å²) in [6.07, 6.45) is 15.0. The summed E-state index contributed by atoms with van der Waals surface area (Å²) in [5, 5.41) is 9.32. The third-order valence-corrected chi connectivity index (χ3v) is 5.55. The molecule has 0 aromatic rings. The van der Waals surface area contributed by atoms with Crippen molar-refractivity contribution in [1.82, 2.24) is 4.90 Å². The molecule has 2 fully saturated rings. The van der Waals surface area contributed by atoms with Crippen LogP contribution in [0.4, 0.5) is 0 Å². The topological polar surface area (TPSA) is 40.5 Å². The van der Waals surface area contributed by atoms with Gasteiger partial charge >= 0.3 is 5.97 Å². The molecule has 0 radical (unpaired) electrons. The summed E-state index contributed by atoms with van der Waals surface area (Å²) in [5.74, 6) is -0.437. The number of carbonyl (C=O) groups is 1. The van der Waals surface area contributed by atoms with Gasteiger partial charge in [0.1, 0.15) is 0 Å². The highest BCUT2D eigenvalue weighted by atomic mass is 16.4. The standard InChI is InChI=1S/C18H33NO2/c1-15-13-19(14-17(15)18(20)21)16-11-9-7-5-3-2-4-6-8-10-12-16/h15-17H,2-14H2,1H3,(H,20,21)/t15-,17-/m1/s1. The lowest BCUT2D eigenvalue weighted by Gasteiger charge is -2.28. The summed E-state index contributed by atoms with van der Waals surface area (Å²) in [6.45, 7) is 3.87. The molecule has 1 N–H and O–H groups in total. The van der Waals surface area contributed by atoms with Gasteiger partial charge in [-0.05, 0) is 18.8 Å². The van der Waals surface area contributed by atoms with Crippen molar-refractivity contribution < 1.29 is 9.90 Å². The Labute approximate surface area is 130 Å². The average molecular weight is 295 g/mol. The van der Waals surface area contributed by atoms with Crippen molar-refractivity contribution in [1.29, 1.82) is 0 Å². The molecule has 2 aliphatic rings. The van der Waals surface area contributed by atoms with E-state index in [1.165, 1.54) is 70.6 Å². The summed E-state index contributed by atoms with van der Waals surface area (Å²) < 4.78 is 0. The van der Waals surface area contributed by atoms with Crippen LogP contribution >= 0.6 is 0 Å². The number of carboxylic acids is 1. The van der Waals surface area contributed by atoms with E-state index in [0.717, 1.165) is 13.1 Å². The fraction of sp³-hybridized carbons (Fsp3) is 0.944. The Morgan fingerprint density at radius 1 is 0.857 bits per heavy atom. The number of nitrogens with zero attached hydrogens (tertiary/aromatic N) is 1. The fourth-order valence-corrected chi connectivity index (χ4v) is 4.13. The fourth-order valence-electron chi connectivity index (χ4n) is 4.13. The maximum atomic E-state index is 11.3. The first kappa shape index (κ1) is 16.8. The summed E-state index contributed by atoms with van der Waals surface area (Å²) >= 11 is 0. The Hall–Kier alpha value is -0.570. The molecule has 1 saturated heterocycles. The lowest BCUT2D eigenvalue weighted by Crippen LogP contribution is -2.34. The summed E-state index contributed by atoms with van der Waals surface area (Å²) in [7, 11) is 0. The van der Waals surface area contributed by atoms with Crippen LogP contribution in [-0.2, 0) is 4.79 Å². The Bertz CT molecular complexity index is 306. The van der Waals surface area contributed by atoms with Gasteiger partial charge in [0.25, 0.3) is 0 Å². The van der Waals surface area contributed by atoms with Crippen molar-refractivity contribution in [2.24, 2.45) is 11.8 Å². The number of rotatable bonds is 2. The summed E-state index contributed by atoms with van der Waals surface area (Å²) in [4.78, 5) is 13.8. The van der Waals surface area contributed by atoms with Gasteiger partial charge < -0.3 is 5.11 Å². The SMILES string of the molecule is C[C@@H]1CN(C2CCCCCCCCCCC2)C[C@H]1C(=O)O. The molecule has 3 nitrogen and oxygen atoms in total. The molecule has 21 heavy (non-hydrogen) atoms. The van der Waals surface area contributed by atoms with E-state index in [1.807, 2.05) is 0 Å². The van der Waals surface area contributed by atoms with E-state index >= 15 is 0 Å². The quantitative estimate of drug-likeness (QED) is 0.825. The minimum atomic E-state index is -0.599. The van der Waals surface area contributed by atoms with Crippen LogP contribution in [0.25, 0.3) is 0 Å². The monoisotopic (exact) mass is 295 g/mol. The highest BCUT2D eigenvalue weighted by Crippen LogP contribution is 2.29. The van der Waals surface area contributed by atoms with E-state index in [4.69, 9.17) is 0 Å². The Morgan fingerprint density at radius 3 is 1.76 bits per heavy atom. The molecule has 1 aliphatic carbocycles. The minimum Gasteiger partial charge on any atom is -0.481 e. The predicted molar refractivity (Wildman–Crippen MR) is 86.4 cm³/mol. The molecule has 1 saturated carbocycles. The average Bonchev–Trinajstić information content (AvgIpc) is 2.81. The van der Waals surface area contributed by atoms with Crippen molar-refractivity contribution in [3.63, 3.8) is 0 Å². The van der Waals surface area contributed by atoms with Crippen LogP contribution in [0.1, 0.15) is 77.6 Å². The van der Waals surface area contributed by atoms with Gasteiger partial charge in [0.05, 0.1) is 5.92 Å². The Kier molecular flexibility index (Phi) is 7.01. The van der Waals surface area contributed by atoms with Gasteiger partial charge in [-0.2, -0.15) is 0 Å². The number of hydrogen-bond donors (Lipinski definition) is 1. The zero-order valence-electron chi connectivity index (χ0n) is 13.7. The third-order valence-electron chi connectivity index (χ3n) is 5.55. The minimum absolute atomic E-state index is 0.147. The van der Waals surface area contributed by atoms with Crippen LogP contribution in [0.2, 0.25) is 0 Å². The van der Waals surface area contributed by atoms with E-state index in [-0.39, 0.29) is 5.92 Å². The zero-order chi connectivity index (χ0) is 15.1. The first-order chi connectivity index (χ1) is 10.2. The van der Waals surface area contributed by atoms with Crippen LogP contribution in [-0.4, -0.2) is 35.1 Å². The van der Waals surface area contributed by atoms with Crippen LogP contribution in [0, 0.1) is 11.8 Å². The largest absolute Gasteiger partial charge is 0.481 e. The molecule has 2 rings (SSSR count). The van der Waals surface area contributed by atoms with Gasteiger partial charge in [-0.15, -0.1) is 0 Å². The smallest absolute Gasteiger partial charge is 0.308 e. The lowest BCUT2D eigenvalue weighted by atomic mass is 9.97.